The number of nitrogens with two attached hydrogens (primary N) is 1. The summed E-state index contributed by atoms with van der Waals surface area (Å²) in [5.41, 5.74) is 10.2. The lowest BCUT2D eigenvalue weighted by molar-refractivity contribution is -0.132. The number of ether oxygens (including phenoxy) is 1. The molecule has 2 aliphatic rings. The first kappa shape index (κ1) is 36.2. The second-order valence-corrected chi connectivity index (χ2v) is 11.8. The smallest absolute Gasteiger partial charge is 0.407 e. The molecule has 0 aromatic heterocycles. The third-order valence-corrected chi connectivity index (χ3v) is 8.32. The van der Waals surface area contributed by atoms with Crippen LogP contribution in [0.25, 0.3) is 11.1 Å². The molecule has 1 saturated carbocycles. The molecule has 3 amide bonds. The molecule has 0 saturated heterocycles. The number of benzene rings is 2. The first-order chi connectivity index (χ1) is 19.7. The van der Waals surface area contributed by atoms with Crippen LogP contribution in [-0.2, 0) is 19.1 Å². The summed E-state index contributed by atoms with van der Waals surface area (Å²) in [6, 6.07) is 15.6. The Morgan fingerprint density at radius 3 is 2.07 bits per heavy atom. The summed E-state index contributed by atoms with van der Waals surface area (Å²) in [6.07, 6.45) is 4.51. The van der Waals surface area contributed by atoms with Crippen LogP contribution in [0, 0.1) is 17.8 Å². The van der Waals surface area contributed by atoms with E-state index in [1.807, 2.05) is 38.1 Å². The minimum Gasteiger partial charge on any atom is -0.449 e. The quantitative estimate of drug-likeness (QED) is 0.244. The molecule has 2 aliphatic carbocycles. The minimum absolute atomic E-state index is 0. The molecule has 0 bridgehead atoms. The minimum atomic E-state index is -0.721. The fraction of sp³-hybridized carbons (Fsp3) is 0.515. The summed E-state index contributed by atoms with van der Waals surface area (Å²) in [7, 11) is 0. The van der Waals surface area contributed by atoms with Gasteiger partial charge in [0.25, 0.3) is 0 Å². The van der Waals surface area contributed by atoms with Crippen LogP contribution in [0.3, 0.4) is 0 Å². The van der Waals surface area contributed by atoms with Gasteiger partial charge in [0.1, 0.15) is 6.61 Å². The molecule has 2 atom stereocenters. The molecule has 236 valence electrons. The third kappa shape index (κ3) is 9.76. The average Bonchev–Trinajstić information content (AvgIpc) is 3.60. The molecule has 43 heavy (non-hydrogen) atoms. The number of carbonyl (C=O) groups is 4. The van der Waals surface area contributed by atoms with Crippen molar-refractivity contribution in [3.8, 4) is 11.1 Å². The summed E-state index contributed by atoms with van der Waals surface area (Å²) in [4.78, 5) is 50.6. The van der Waals surface area contributed by atoms with Crippen molar-refractivity contribution in [2.75, 3.05) is 13.2 Å². The summed E-state index contributed by atoms with van der Waals surface area (Å²) in [6.45, 7) is 4.48. The van der Waals surface area contributed by atoms with Crippen LogP contribution >= 0.6 is 27.0 Å². The largest absolute Gasteiger partial charge is 0.449 e. The number of primary amides is 1. The van der Waals surface area contributed by atoms with Crippen LogP contribution in [0.15, 0.2) is 48.5 Å². The molecule has 0 spiro atoms. The van der Waals surface area contributed by atoms with Gasteiger partial charge >= 0.3 is 6.09 Å². The Balaban J connectivity index is 0.00000323. The van der Waals surface area contributed by atoms with Crippen LogP contribution in [-0.4, -0.2) is 42.9 Å². The maximum Gasteiger partial charge on any atom is 0.407 e. The van der Waals surface area contributed by atoms with Gasteiger partial charge in [-0.15, -0.1) is 0 Å². The number of rotatable bonds is 14. The third-order valence-electron chi connectivity index (χ3n) is 8.32. The molecule has 2 aromatic rings. The fourth-order valence-corrected chi connectivity index (χ4v) is 6.19. The maximum absolute atomic E-state index is 13.2. The normalized spacial score (nSPS) is 15.3. The lowest BCUT2D eigenvalue weighted by Gasteiger charge is -2.22. The van der Waals surface area contributed by atoms with E-state index >= 15 is 0 Å². The van der Waals surface area contributed by atoms with Crippen molar-refractivity contribution in [3.05, 3.63) is 59.7 Å². The summed E-state index contributed by atoms with van der Waals surface area (Å²) in [5, 5.41) is 5.72. The Labute approximate surface area is 269 Å². The molecule has 1 fully saturated rings. The van der Waals surface area contributed by atoms with Gasteiger partial charge in [0, 0.05) is 30.7 Å². The van der Waals surface area contributed by atoms with E-state index in [9.17, 15) is 19.2 Å². The van der Waals surface area contributed by atoms with Crippen LogP contribution in [0.2, 0.25) is 0 Å². The molecule has 10 heteroatoms. The zero-order chi connectivity index (χ0) is 29.4. The number of amides is 3. The topological polar surface area (TPSA) is 128 Å². The number of hydrogen-bond acceptors (Lipinski definition) is 5. The molecule has 4 rings (SSSR count). The first-order valence-corrected chi connectivity index (χ1v) is 15.0. The summed E-state index contributed by atoms with van der Waals surface area (Å²) < 4.78 is 5.60. The van der Waals surface area contributed by atoms with E-state index in [1.54, 1.807) is 0 Å². The second kappa shape index (κ2) is 17.3. The van der Waals surface area contributed by atoms with Gasteiger partial charge in [0.05, 0.1) is 6.04 Å². The van der Waals surface area contributed by atoms with Crippen molar-refractivity contribution in [1.29, 1.82) is 0 Å². The number of Topliss-reactive ketones (excluding diaryl/α,β-unsaturated/α-hetero) is 1. The number of hydrogen-bond donors (Lipinski definition) is 3. The van der Waals surface area contributed by atoms with Crippen molar-refractivity contribution < 1.29 is 23.9 Å². The van der Waals surface area contributed by atoms with E-state index in [0.29, 0.717) is 25.8 Å². The van der Waals surface area contributed by atoms with E-state index in [1.165, 1.54) is 11.1 Å². The molecule has 8 nitrogen and oxygen atoms in total. The average molecular weight is 630 g/mol. The van der Waals surface area contributed by atoms with Crippen molar-refractivity contribution in [2.24, 2.45) is 23.5 Å². The molecule has 2 aromatic carbocycles. The molecule has 4 N–H and O–H groups in total. The van der Waals surface area contributed by atoms with Crippen molar-refractivity contribution in [1.82, 2.24) is 10.6 Å². The number of alkyl carbamates (subject to hydrolysis) is 1. The Bertz CT molecular complexity index is 1200. The van der Waals surface area contributed by atoms with Gasteiger partial charge in [0.2, 0.25) is 11.8 Å². The van der Waals surface area contributed by atoms with Crippen LogP contribution in [0.4, 0.5) is 4.79 Å². The predicted molar refractivity (Wildman–Crippen MR) is 179 cm³/mol. The Morgan fingerprint density at radius 2 is 1.51 bits per heavy atom. The van der Waals surface area contributed by atoms with Crippen molar-refractivity contribution >= 4 is 50.7 Å². The zero-order valence-electron chi connectivity index (χ0n) is 25.2. The highest BCUT2D eigenvalue weighted by molar-refractivity contribution is 7.59. The number of carbonyl (C=O) groups excluding carboxylic acids is 4. The van der Waals surface area contributed by atoms with E-state index < -0.39 is 24.0 Å². The van der Waals surface area contributed by atoms with Gasteiger partial charge in [-0.2, -0.15) is 27.0 Å². The van der Waals surface area contributed by atoms with Crippen LogP contribution in [0.5, 0.6) is 0 Å². The summed E-state index contributed by atoms with van der Waals surface area (Å²) >= 11 is 0. The molecular formula is C33H47N3O5S2. The van der Waals surface area contributed by atoms with E-state index in [-0.39, 0.29) is 69.5 Å². The number of ketones is 1. The molecule has 0 unspecified atom stereocenters. The van der Waals surface area contributed by atoms with Crippen molar-refractivity contribution in [2.45, 2.75) is 77.2 Å². The second-order valence-electron chi connectivity index (χ2n) is 11.8. The Kier molecular flexibility index (Phi) is 14.6. The highest BCUT2D eigenvalue weighted by Crippen LogP contribution is 2.44. The van der Waals surface area contributed by atoms with E-state index in [0.717, 1.165) is 36.8 Å². The predicted octanol–water partition coefficient (Wildman–Crippen LogP) is 5.31. The zero-order valence-corrected chi connectivity index (χ0v) is 27.2. The summed E-state index contributed by atoms with van der Waals surface area (Å²) in [5.74, 6) is -1.24. The Hall–Kier alpha value is -2.98. The monoisotopic (exact) mass is 629 g/mol. The molecule has 0 aliphatic heterocycles. The van der Waals surface area contributed by atoms with Crippen molar-refractivity contribution in [3.63, 3.8) is 0 Å². The lowest BCUT2D eigenvalue weighted by Crippen LogP contribution is -2.45. The van der Waals surface area contributed by atoms with Crippen LogP contribution in [0.1, 0.15) is 82.3 Å². The molecule has 0 heterocycles. The van der Waals surface area contributed by atoms with Gasteiger partial charge < -0.3 is 21.1 Å². The van der Waals surface area contributed by atoms with Gasteiger partial charge in [-0.05, 0) is 60.3 Å². The lowest BCUT2D eigenvalue weighted by atomic mass is 9.89. The molecular weight excluding hydrogens is 583 g/mol. The van der Waals surface area contributed by atoms with E-state index in [4.69, 9.17) is 10.5 Å². The Morgan fingerprint density at radius 1 is 0.930 bits per heavy atom. The highest BCUT2D eigenvalue weighted by Gasteiger charge is 2.31. The molecule has 0 radical (unpaired) electrons. The van der Waals surface area contributed by atoms with Gasteiger partial charge in [-0.3, -0.25) is 14.4 Å². The van der Waals surface area contributed by atoms with E-state index in [2.05, 4.69) is 34.9 Å². The number of nitrogens with one attached hydrogen (secondary N) is 2. The first-order valence-electron chi connectivity index (χ1n) is 15.0. The van der Waals surface area contributed by atoms with Gasteiger partial charge in [-0.25, -0.2) is 4.79 Å². The van der Waals surface area contributed by atoms with Crippen LogP contribution < -0.4 is 16.4 Å². The fourth-order valence-electron chi connectivity index (χ4n) is 6.19. The maximum atomic E-state index is 13.2. The highest BCUT2D eigenvalue weighted by atomic mass is 32.1. The van der Waals surface area contributed by atoms with Gasteiger partial charge in [0.15, 0.2) is 5.78 Å². The van der Waals surface area contributed by atoms with Gasteiger partial charge in [-0.1, -0.05) is 75.2 Å². The number of fused-ring (bicyclic) bond motifs is 3. The standard InChI is InChI=1S/C33H43N3O5.2H2S/c1-21(2)18-23(31(34)38)19-30(37)29(36-32(39)22-10-3-4-11-22)16-9-17-35-33(40)41-20-28-26-14-7-5-12-24(26)25-13-6-8-15-27(25)28;;/h5-8,12-15,21-23,28-29H,3-4,9-11,16-20H2,1-2H3,(H2,34,38)(H,35,40)(H,36,39);2*1H2/t23-,29+;;/m1../s1. The SMILES string of the molecule is CC(C)C[C@H](CC(=O)[C@H](CCCNC(=O)OCC1c2ccccc2-c2ccccc21)NC(=O)C1CCCC1)C(N)=O.S.S.